The highest BCUT2D eigenvalue weighted by atomic mass is 79.9. The van der Waals surface area contributed by atoms with Crippen molar-refractivity contribution in [3.63, 3.8) is 0 Å². The highest BCUT2D eigenvalue weighted by molar-refractivity contribution is 9.11. The van der Waals surface area contributed by atoms with Gasteiger partial charge in [0.1, 0.15) is 5.75 Å². The summed E-state index contributed by atoms with van der Waals surface area (Å²) in [5.41, 5.74) is 2.79. The van der Waals surface area contributed by atoms with Crippen LogP contribution in [0.3, 0.4) is 0 Å². The Morgan fingerprint density at radius 2 is 1.81 bits per heavy atom. The zero-order valence-electron chi connectivity index (χ0n) is 16.7. The molecule has 2 aromatic rings. The Balaban J connectivity index is 1.70. The maximum absolute atomic E-state index is 12.7. The molecule has 2 aromatic carbocycles. The summed E-state index contributed by atoms with van der Waals surface area (Å²) < 4.78 is 6.38. The van der Waals surface area contributed by atoms with Crippen molar-refractivity contribution in [2.24, 2.45) is 0 Å². The van der Waals surface area contributed by atoms with Crippen LogP contribution in [0.5, 0.6) is 5.75 Å². The minimum absolute atomic E-state index is 0.265. The number of carboxylic acids is 1. The molecule has 10 heteroatoms. The maximum Gasteiger partial charge on any atom is 0.341 e. The Hall–Kier alpha value is -2.59. The number of anilines is 2. The molecule has 1 heterocycles. The number of nitrogens with zero attached hydrogens (tertiary/aromatic N) is 2. The SMILES string of the molecule is Cc1c(NC(=O)c2ccc(N3CCN(C=O)CC3)cc2)cc(Br)c(OCC(=O)O)c1Br. The largest absolute Gasteiger partial charge is 0.480 e. The minimum Gasteiger partial charge on any atom is -0.480 e. The number of carbonyl (C=O) groups excluding carboxylic acids is 2. The first kappa shape index (κ1) is 23.1. The quantitative estimate of drug-likeness (QED) is 0.508. The third-order valence-corrected chi connectivity index (χ3v) is 6.51. The van der Waals surface area contributed by atoms with Gasteiger partial charge >= 0.3 is 5.97 Å². The van der Waals surface area contributed by atoms with Crippen molar-refractivity contribution in [1.29, 1.82) is 0 Å². The van der Waals surface area contributed by atoms with Gasteiger partial charge in [-0.05, 0) is 74.7 Å². The van der Waals surface area contributed by atoms with E-state index in [4.69, 9.17) is 9.84 Å². The molecule has 3 rings (SSSR count). The summed E-state index contributed by atoms with van der Waals surface area (Å²) in [4.78, 5) is 38.3. The minimum atomic E-state index is -1.08. The molecule has 0 unspecified atom stereocenters. The number of carboxylic acid groups (broad SMARTS) is 1. The molecular weight excluding hydrogens is 534 g/mol. The van der Waals surface area contributed by atoms with Crippen LogP contribution in [0.4, 0.5) is 11.4 Å². The molecule has 0 aliphatic carbocycles. The predicted octanol–water partition coefficient (Wildman–Crippen LogP) is 3.51. The van der Waals surface area contributed by atoms with E-state index in [9.17, 15) is 14.4 Å². The number of piperazine rings is 1. The van der Waals surface area contributed by atoms with Gasteiger partial charge in [-0.3, -0.25) is 9.59 Å². The van der Waals surface area contributed by atoms with Gasteiger partial charge in [-0.1, -0.05) is 0 Å². The van der Waals surface area contributed by atoms with Gasteiger partial charge in [0, 0.05) is 43.1 Å². The number of hydrogen-bond donors (Lipinski definition) is 2. The summed E-state index contributed by atoms with van der Waals surface area (Å²) in [5.74, 6) is -0.988. The molecule has 0 bridgehead atoms. The van der Waals surface area contributed by atoms with E-state index in [1.807, 2.05) is 12.1 Å². The van der Waals surface area contributed by atoms with Crippen LogP contribution in [0, 0.1) is 6.92 Å². The monoisotopic (exact) mass is 553 g/mol. The van der Waals surface area contributed by atoms with Crippen molar-refractivity contribution in [2.45, 2.75) is 6.92 Å². The summed E-state index contributed by atoms with van der Waals surface area (Å²) >= 11 is 6.77. The van der Waals surface area contributed by atoms with Crippen molar-refractivity contribution in [1.82, 2.24) is 4.90 Å². The van der Waals surface area contributed by atoms with E-state index in [-0.39, 0.29) is 5.91 Å². The Labute approximate surface area is 196 Å². The highest BCUT2D eigenvalue weighted by Gasteiger charge is 2.18. The van der Waals surface area contributed by atoms with Gasteiger partial charge in [0.2, 0.25) is 6.41 Å². The first-order chi connectivity index (χ1) is 14.8. The van der Waals surface area contributed by atoms with E-state index >= 15 is 0 Å². The Morgan fingerprint density at radius 3 is 2.39 bits per heavy atom. The van der Waals surface area contributed by atoms with Crippen molar-refractivity contribution < 1.29 is 24.2 Å². The van der Waals surface area contributed by atoms with E-state index in [1.54, 1.807) is 30.0 Å². The third kappa shape index (κ3) is 5.56. The molecule has 2 N–H and O–H groups in total. The van der Waals surface area contributed by atoms with E-state index in [0.717, 1.165) is 25.2 Å². The Kier molecular flexibility index (Phi) is 7.55. The van der Waals surface area contributed by atoms with E-state index in [1.165, 1.54) is 0 Å². The summed E-state index contributed by atoms with van der Waals surface area (Å²) in [5, 5.41) is 11.7. The number of rotatable bonds is 7. The van der Waals surface area contributed by atoms with Crippen LogP contribution in [0.1, 0.15) is 15.9 Å². The van der Waals surface area contributed by atoms with Crippen molar-refractivity contribution in [3.05, 3.63) is 50.4 Å². The van der Waals surface area contributed by atoms with Crippen LogP contribution in [0.15, 0.2) is 39.3 Å². The first-order valence-electron chi connectivity index (χ1n) is 9.49. The van der Waals surface area contributed by atoms with Crippen LogP contribution in [-0.4, -0.2) is 61.1 Å². The number of nitrogens with one attached hydrogen (secondary N) is 1. The lowest BCUT2D eigenvalue weighted by atomic mass is 10.1. The zero-order valence-corrected chi connectivity index (χ0v) is 19.9. The second kappa shape index (κ2) is 10.1. The molecule has 0 aromatic heterocycles. The number of benzene rings is 2. The molecule has 8 nitrogen and oxygen atoms in total. The van der Waals surface area contributed by atoms with E-state index in [0.29, 0.717) is 44.6 Å². The van der Waals surface area contributed by atoms with Crippen LogP contribution in [0.2, 0.25) is 0 Å². The first-order valence-corrected chi connectivity index (χ1v) is 11.1. The summed E-state index contributed by atoms with van der Waals surface area (Å²) in [6, 6.07) is 9.00. The van der Waals surface area contributed by atoms with Gasteiger partial charge in [0.05, 0.1) is 8.95 Å². The van der Waals surface area contributed by atoms with Crippen LogP contribution < -0.4 is 15.0 Å². The lowest BCUT2D eigenvalue weighted by Gasteiger charge is -2.34. The second-order valence-electron chi connectivity index (χ2n) is 6.99. The third-order valence-electron chi connectivity index (χ3n) is 4.97. The van der Waals surface area contributed by atoms with Gasteiger partial charge in [0.25, 0.3) is 5.91 Å². The molecule has 0 radical (unpaired) electrons. The Morgan fingerprint density at radius 1 is 1.16 bits per heavy atom. The van der Waals surface area contributed by atoms with Crippen molar-refractivity contribution in [2.75, 3.05) is 43.0 Å². The lowest BCUT2D eigenvalue weighted by molar-refractivity contribution is -0.139. The molecule has 0 saturated carbocycles. The molecular formula is C21H21Br2N3O5. The molecule has 1 aliphatic rings. The van der Waals surface area contributed by atoms with Crippen LogP contribution in [0.25, 0.3) is 0 Å². The molecule has 1 saturated heterocycles. The van der Waals surface area contributed by atoms with Crippen LogP contribution in [-0.2, 0) is 9.59 Å². The smallest absolute Gasteiger partial charge is 0.341 e. The summed E-state index contributed by atoms with van der Waals surface area (Å²) in [6.07, 6.45) is 0.869. The molecule has 164 valence electrons. The number of halogens is 2. The predicted molar refractivity (Wildman–Crippen MR) is 124 cm³/mol. The zero-order chi connectivity index (χ0) is 22.5. The van der Waals surface area contributed by atoms with Gasteiger partial charge in [-0.15, -0.1) is 0 Å². The van der Waals surface area contributed by atoms with Crippen LogP contribution >= 0.6 is 31.9 Å². The molecule has 2 amide bonds. The average molecular weight is 555 g/mol. The van der Waals surface area contributed by atoms with Crippen molar-refractivity contribution >= 4 is 61.5 Å². The fourth-order valence-corrected chi connectivity index (χ4v) is 4.54. The number of carbonyl (C=O) groups is 3. The molecule has 0 spiro atoms. The number of aliphatic carboxylic acids is 1. The van der Waals surface area contributed by atoms with Gasteiger partial charge in [-0.25, -0.2) is 4.79 Å². The molecule has 0 atom stereocenters. The van der Waals surface area contributed by atoms with E-state index in [2.05, 4.69) is 42.1 Å². The van der Waals surface area contributed by atoms with Crippen molar-refractivity contribution in [3.8, 4) is 5.75 Å². The fraction of sp³-hybridized carbons (Fsp3) is 0.286. The number of hydrogen-bond acceptors (Lipinski definition) is 5. The summed E-state index contributed by atoms with van der Waals surface area (Å²) in [6.45, 7) is 4.19. The average Bonchev–Trinajstić information content (AvgIpc) is 2.77. The Bertz CT molecular complexity index is 989. The van der Waals surface area contributed by atoms with Gasteiger partial charge < -0.3 is 25.0 Å². The second-order valence-corrected chi connectivity index (χ2v) is 8.63. The number of amides is 2. The standard InChI is InChI=1S/C21H21Br2N3O5/c1-13-17(10-16(22)20(19(13)23)31-11-18(28)29)24-21(30)14-2-4-15(5-3-14)26-8-6-25(12-27)7-9-26/h2-5,10,12H,6-9,11H2,1H3,(H,24,30)(H,28,29). The fourth-order valence-electron chi connectivity index (χ4n) is 3.19. The van der Waals surface area contributed by atoms with E-state index < -0.39 is 12.6 Å². The van der Waals surface area contributed by atoms with Gasteiger partial charge in [0.15, 0.2) is 6.61 Å². The highest BCUT2D eigenvalue weighted by Crippen LogP contribution is 2.40. The summed E-state index contributed by atoms with van der Waals surface area (Å²) in [7, 11) is 0. The van der Waals surface area contributed by atoms with Gasteiger partial charge in [-0.2, -0.15) is 0 Å². The molecule has 1 aliphatic heterocycles. The topological polar surface area (TPSA) is 99.2 Å². The number of ether oxygens (including phenoxy) is 1. The molecule has 1 fully saturated rings. The lowest BCUT2D eigenvalue weighted by Crippen LogP contribution is -2.45. The normalized spacial score (nSPS) is 13.6. The molecule has 31 heavy (non-hydrogen) atoms. The maximum atomic E-state index is 12.7.